The summed E-state index contributed by atoms with van der Waals surface area (Å²) < 4.78 is 12.7. The Labute approximate surface area is 151 Å². The van der Waals surface area contributed by atoms with E-state index in [9.17, 15) is 0 Å². The van der Waals surface area contributed by atoms with Gasteiger partial charge in [-0.2, -0.15) is 4.98 Å². The molecule has 1 aromatic carbocycles. The van der Waals surface area contributed by atoms with Gasteiger partial charge >= 0.3 is 0 Å². The Hall–Kier alpha value is -2.74. The van der Waals surface area contributed by atoms with Crippen LogP contribution in [0.15, 0.2) is 35.0 Å². The third-order valence-corrected chi connectivity index (χ3v) is 5.04. The fourth-order valence-electron chi connectivity index (χ4n) is 3.24. The summed E-state index contributed by atoms with van der Waals surface area (Å²) >= 11 is 0. The van der Waals surface area contributed by atoms with E-state index in [2.05, 4.69) is 27.4 Å². The van der Waals surface area contributed by atoms with Gasteiger partial charge in [0.15, 0.2) is 5.82 Å². The fraction of sp³-hybridized carbons (Fsp3) is 0.444. The van der Waals surface area contributed by atoms with Crippen LogP contribution >= 0.6 is 0 Å². The van der Waals surface area contributed by atoms with Crippen LogP contribution in [0.1, 0.15) is 60.6 Å². The van der Waals surface area contributed by atoms with E-state index >= 15 is 0 Å². The molecule has 26 heavy (non-hydrogen) atoms. The smallest absolute Gasteiger partial charge is 0.229 e. The minimum Gasteiger partial charge on any atom is -0.497 e. The van der Waals surface area contributed by atoms with Crippen molar-refractivity contribution in [2.45, 2.75) is 44.2 Å². The molecule has 0 aliphatic heterocycles. The van der Waals surface area contributed by atoms with Crippen LogP contribution in [-0.2, 0) is 6.54 Å². The van der Waals surface area contributed by atoms with E-state index in [0.29, 0.717) is 24.3 Å². The zero-order valence-electron chi connectivity index (χ0n) is 14.9. The van der Waals surface area contributed by atoms with Crippen molar-refractivity contribution in [2.75, 3.05) is 7.11 Å². The van der Waals surface area contributed by atoms with Crippen LogP contribution in [0.25, 0.3) is 0 Å². The van der Waals surface area contributed by atoms with E-state index in [1.807, 2.05) is 35.1 Å². The third kappa shape index (κ3) is 3.08. The summed E-state index contributed by atoms with van der Waals surface area (Å²) in [6.07, 6.45) is 3.75. The topological polar surface area (TPSA) is 105 Å². The van der Waals surface area contributed by atoms with E-state index in [0.717, 1.165) is 29.8 Å². The number of aromatic nitrogens is 5. The minimum atomic E-state index is 0.0425. The summed E-state index contributed by atoms with van der Waals surface area (Å²) in [6.45, 7) is 2.47. The van der Waals surface area contributed by atoms with Gasteiger partial charge < -0.3 is 15.0 Å². The Balaban J connectivity index is 1.42. The molecule has 1 aliphatic rings. The molecule has 8 nitrogen and oxygen atoms in total. The van der Waals surface area contributed by atoms with Crippen LogP contribution in [-0.4, -0.2) is 32.2 Å². The lowest BCUT2D eigenvalue weighted by molar-refractivity contribution is 0.200. The van der Waals surface area contributed by atoms with Gasteiger partial charge in [0, 0.05) is 18.4 Å². The molecule has 1 atom stereocenters. The van der Waals surface area contributed by atoms with Gasteiger partial charge in [0.1, 0.15) is 5.75 Å². The summed E-state index contributed by atoms with van der Waals surface area (Å²) in [5.41, 5.74) is 7.48. The lowest BCUT2D eigenvalue weighted by Gasteiger charge is -2.32. The molecular weight excluding hydrogens is 332 g/mol. The minimum absolute atomic E-state index is 0.0425. The second-order valence-corrected chi connectivity index (χ2v) is 6.71. The second kappa shape index (κ2) is 6.87. The average Bonchev–Trinajstić information content (AvgIpc) is 3.30. The van der Waals surface area contributed by atoms with Crippen molar-refractivity contribution < 1.29 is 9.26 Å². The molecule has 0 bridgehead atoms. The highest BCUT2D eigenvalue weighted by Crippen LogP contribution is 2.44. The van der Waals surface area contributed by atoms with E-state index in [4.69, 9.17) is 15.0 Å². The molecule has 2 aromatic heterocycles. The molecule has 2 heterocycles. The van der Waals surface area contributed by atoms with Crippen LogP contribution in [0.3, 0.4) is 0 Å². The molecule has 0 spiro atoms. The maximum absolute atomic E-state index is 5.58. The number of nitrogens with zero attached hydrogens (tertiary/aromatic N) is 5. The number of ether oxygens (including phenoxy) is 1. The summed E-state index contributed by atoms with van der Waals surface area (Å²) in [6, 6.07) is 8.25. The summed E-state index contributed by atoms with van der Waals surface area (Å²) in [4.78, 5) is 4.63. The normalized spacial score (nSPS) is 20.6. The lowest BCUT2D eigenvalue weighted by Crippen LogP contribution is -2.26. The van der Waals surface area contributed by atoms with Gasteiger partial charge in [0.05, 0.1) is 25.0 Å². The first-order chi connectivity index (χ1) is 12.7. The Kier molecular flexibility index (Phi) is 4.42. The molecule has 0 saturated heterocycles. The monoisotopic (exact) mass is 354 g/mol. The van der Waals surface area contributed by atoms with Gasteiger partial charge in [-0.05, 0) is 30.5 Å². The highest BCUT2D eigenvalue weighted by Gasteiger charge is 2.36. The van der Waals surface area contributed by atoms with Crippen LogP contribution in [0, 0.1) is 0 Å². The molecule has 3 aromatic rings. The number of rotatable bonds is 6. The summed E-state index contributed by atoms with van der Waals surface area (Å²) in [5, 5.41) is 12.4. The van der Waals surface area contributed by atoms with Crippen molar-refractivity contribution in [1.29, 1.82) is 0 Å². The number of nitrogens with two attached hydrogens (primary N) is 1. The maximum Gasteiger partial charge on any atom is 0.229 e. The fourth-order valence-corrected chi connectivity index (χ4v) is 3.24. The molecule has 4 rings (SSSR count). The Morgan fingerprint density at radius 3 is 2.96 bits per heavy atom. The zero-order chi connectivity index (χ0) is 18.1. The summed E-state index contributed by atoms with van der Waals surface area (Å²) in [7, 11) is 1.66. The Morgan fingerprint density at radius 2 is 2.23 bits per heavy atom. The Bertz CT molecular complexity index is 883. The SMILES string of the molecule is COc1cccc(C(C)c2noc(C3CC(n4cc(CN)nn4)C3)n2)c1. The number of hydrogen-bond acceptors (Lipinski definition) is 7. The number of hydrogen-bond donors (Lipinski definition) is 1. The lowest BCUT2D eigenvalue weighted by atomic mass is 9.80. The van der Waals surface area contributed by atoms with Crippen molar-refractivity contribution in [3.63, 3.8) is 0 Å². The Morgan fingerprint density at radius 1 is 1.38 bits per heavy atom. The number of benzene rings is 1. The molecular formula is C18H22N6O2. The van der Waals surface area contributed by atoms with Crippen molar-refractivity contribution in [3.05, 3.63) is 53.4 Å². The predicted molar refractivity (Wildman–Crippen MR) is 93.7 cm³/mol. The van der Waals surface area contributed by atoms with E-state index in [1.54, 1.807) is 7.11 Å². The van der Waals surface area contributed by atoms with Crippen molar-refractivity contribution in [2.24, 2.45) is 5.73 Å². The highest BCUT2D eigenvalue weighted by molar-refractivity contribution is 5.33. The van der Waals surface area contributed by atoms with E-state index in [-0.39, 0.29) is 11.8 Å². The molecule has 0 radical (unpaired) electrons. The van der Waals surface area contributed by atoms with Crippen LogP contribution in [0.2, 0.25) is 0 Å². The second-order valence-electron chi connectivity index (χ2n) is 6.71. The maximum atomic E-state index is 5.58. The van der Waals surface area contributed by atoms with Gasteiger partial charge in [-0.25, -0.2) is 4.68 Å². The van der Waals surface area contributed by atoms with Crippen LogP contribution < -0.4 is 10.5 Å². The quantitative estimate of drug-likeness (QED) is 0.724. The standard InChI is InChI=1S/C18H22N6O2/c1-11(12-4-3-5-16(8-12)25-2)17-20-18(26-22-17)13-6-15(7-13)24-10-14(9-19)21-23-24/h3-5,8,10-11,13,15H,6-7,9,19H2,1-2H3. The zero-order valence-corrected chi connectivity index (χ0v) is 14.9. The van der Waals surface area contributed by atoms with Crippen LogP contribution in [0.4, 0.5) is 0 Å². The first kappa shape index (κ1) is 16.7. The average molecular weight is 354 g/mol. The third-order valence-electron chi connectivity index (χ3n) is 5.04. The molecule has 1 fully saturated rings. The first-order valence-electron chi connectivity index (χ1n) is 8.76. The predicted octanol–water partition coefficient (Wildman–Crippen LogP) is 2.40. The van der Waals surface area contributed by atoms with Crippen molar-refractivity contribution in [3.8, 4) is 5.75 Å². The molecule has 1 saturated carbocycles. The molecule has 1 unspecified atom stereocenters. The van der Waals surface area contributed by atoms with Gasteiger partial charge in [0.25, 0.3) is 0 Å². The number of methoxy groups -OCH3 is 1. The highest BCUT2D eigenvalue weighted by atomic mass is 16.5. The van der Waals surface area contributed by atoms with E-state index in [1.165, 1.54) is 0 Å². The van der Waals surface area contributed by atoms with Crippen molar-refractivity contribution >= 4 is 0 Å². The van der Waals surface area contributed by atoms with Gasteiger partial charge in [-0.15, -0.1) is 5.10 Å². The van der Waals surface area contributed by atoms with Crippen molar-refractivity contribution in [1.82, 2.24) is 25.1 Å². The van der Waals surface area contributed by atoms with Gasteiger partial charge in [-0.1, -0.05) is 29.4 Å². The van der Waals surface area contributed by atoms with Gasteiger partial charge in [-0.3, -0.25) is 0 Å². The summed E-state index contributed by atoms with van der Waals surface area (Å²) in [5.74, 6) is 2.53. The first-order valence-corrected chi connectivity index (χ1v) is 8.76. The molecule has 136 valence electrons. The largest absolute Gasteiger partial charge is 0.497 e. The molecule has 2 N–H and O–H groups in total. The molecule has 0 amide bonds. The van der Waals surface area contributed by atoms with Crippen LogP contribution in [0.5, 0.6) is 5.75 Å². The van der Waals surface area contributed by atoms with E-state index < -0.39 is 0 Å². The molecule has 1 aliphatic carbocycles. The van der Waals surface area contributed by atoms with Gasteiger partial charge in [0.2, 0.25) is 5.89 Å². The molecule has 8 heteroatoms.